The van der Waals surface area contributed by atoms with Crippen LogP contribution in [0.1, 0.15) is 5.56 Å². The Balaban J connectivity index is 2.30. The van der Waals surface area contributed by atoms with Gasteiger partial charge in [-0.1, -0.05) is 27.5 Å². The van der Waals surface area contributed by atoms with Crippen LogP contribution in [0.5, 0.6) is 11.5 Å². The van der Waals surface area contributed by atoms with Crippen molar-refractivity contribution in [1.82, 2.24) is 0 Å². The molecule has 0 aliphatic carbocycles. The van der Waals surface area contributed by atoms with Gasteiger partial charge in [-0.25, -0.2) is 4.39 Å². The second-order valence-electron chi connectivity index (χ2n) is 3.63. The van der Waals surface area contributed by atoms with E-state index in [0.29, 0.717) is 18.0 Å². The molecule has 0 saturated carbocycles. The molecular weight excluding hydrogens is 321 g/mol. The molecule has 0 aliphatic rings. The molecule has 0 spiro atoms. The molecule has 2 N–H and O–H groups in total. The zero-order valence-corrected chi connectivity index (χ0v) is 11.6. The summed E-state index contributed by atoms with van der Waals surface area (Å²) in [4.78, 5) is 0. The highest BCUT2D eigenvalue weighted by atomic mass is 79.9. The molecule has 2 aromatic rings. The van der Waals surface area contributed by atoms with Crippen LogP contribution in [-0.4, -0.2) is 0 Å². The van der Waals surface area contributed by atoms with Crippen LogP contribution in [-0.2, 0) is 6.54 Å². The van der Waals surface area contributed by atoms with Crippen LogP contribution in [0.15, 0.2) is 40.9 Å². The highest BCUT2D eigenvalue weighted by molar-refractivity contribution is 9.10. The summed E-state index contributed by atoms with van der Waals surface area (Å²) < 4.78 is 19.8. The second kappa shape index (κ2) is 5.69. The highest BCUT2D eigenvalue weighted by Gasteiger charge is 2.07. The second-order valence-corrected chi connectivity index (χ2v) is 4.96. The maximum atomic E-state index is 13.3. The van der Waals surface area contributed by atoms with E-state index in [1.54, 1.807) is 12.1 Å². The van der Waals surface area contributed by atoms with E-state index >= 15 is 0 Å². The average Bonchev–Trinajstić information content (AvgIpc) is 2.36. The topological polar surface area (TPSA) is 35.2 Å². The normalized spacial score (nSPS) is 10.4. The number of hydrogen-bond donors (Lipinski definition) is 1. The van der Waals surface area contributed by atoms with Crippen LogP contribution < -0.4 is 10.5 Å². The molecule has 2 aromatic carbocycles. The molecule has 0 aliphatic heterocycles. The molecule has 18 heavy (non-hydrogen) atoms. The summed E-state index contributed by atoms with van der Waals surface area (Å²) in [6.07, 6.45) is 0. The highest BCUT2D eigenvalue weighted by Crippen LogP contribution is 2.29. The molecule has 0 radical (unpaired) electrons. The Bertz CT molecular complexity index is 577. The Kier molecular flexibility index (Phi) is 4.22. The average molecular weight is 331 g/mol. The van der Waals surface area contributed by atoms with Gasteiger partial charge in [0.25, 0.3) is 0 Å². The Labute approximate surface area is 118 Å². The van der Waals surface area contributed by atoms with E-state index in [4.69, 9.17) is 22.1 Å². The van der Waals surface area contributed by atoms with E-state index in [2.05, 4.69) is 15.9 Å². The summed E-state index contributed by atoms with van der Waals surface area (Å²) in [5.74, 6) is 0.469. The molecule has 0 fully saturated rings. The van der Waals surface area contributed by atoms with Gasteiger partial charge in [0.1, 0.15) is 17.3 Å². The summed E-state index contributed by atoms with van der Waals surface area (Å²) in [5.41, 5.74) is 6.46. The lowest BCUT2D eigenvalue weighted by Crippen LogP contribution is -1.99. The maximum absolute atomic E-state index is 13.3. The van der Waals surface area contributed by atoms with E-state index in [0.717, 1.165) is 10.0 Å². The SMILES string of the molecule is NCc1cc(Br)ccc1Oc1ccc(Cl)c(F)c1. The van der Waals surface area contributed by atoms with Gasteiger partial charge < -0.3 is 10.5 Å². The first kappa shape index (κ1) is 13.3. The molecule has 0 saturated heterocycles. The smallest absolute Gasteiger partial charge is 0.145 e. The minimum absolute atomic E-state index is 0.0669. The van der Waals surface area contributed by atoms with Gasteiger partial charge in [0.05, 0.1) is 5.02 Å². The number of ether oxygens (including phenoxy) is 1. The van der Waals surface area contributed by atoms with Gasteiger partial charge in [-0.2, -0.15) is 0 Å². The van der Waals surface area contributed by atoms with Gasteiger partial charge in [-0.15, -0.1) is 0 Å². The quantitative estimate of drug-likeness (QED) is 0.899. The van der Waals surface area contributed by atoms with Crippen LogP contribution in [0, 0.1) is 5.82 Å². The van der Waals surface area contributed by atoms with Crippen LogP contribution in [0.4, 0.5) is 4.39 Å². The third-order valence-corrected chi connectivity index (χ3v) is 3.16. The van der Waals surface area contributed by atoms with Crippen molar-refractivity contribution >= 4 is 27.5 Å². The number of rotatable bonds is 3. The lowest BCUT2D eigenvalue weighted by Gasteiger charge is -2.10. The monoisotopic (exact) mass is 329 g/mol. The molecule has 2 nitrogen and oxygen atoms in total. The summed E-state index contributed by atoms with van der Waals surface area (Å²) in [6.45, 7) is 0.338. The third-order valence-electron chi connectivity index (χ3n) is 2.36. The molecule has 2 rings (SSSR count). The molecule has 0 heterocycles. The molecule has 0 bridgehead atoms. The summed E-state index contributed by atoms with van der Waals surface area (Å²) in [6, 6.07) is 9.77. The standard InChI is InChI=1S/C13H10BrClFNO/c14-9-1-4-13(8(5-9)7-17)18-10-2-3-11(15)12(16)6-10/h1-6H,7,17H2. The minimum atomic E-state index is -0.513. The summed E-state index contributed by atoms with van der Waals surface area (Å²) in [7, 11) is 0. The molecule has 0 amide bonds. The Morgan fingerprint density at radius 3 is 2.67 bits per heavy atom. The zero-order valence-electron chi connectivity index (χ0n) is 9.29. The number of benzene rings is 2. The van der Waals surface area contributed by atoms with Gasteiger partial charge in [-0.05, 0) is 30.3 Å². The summed E-state index contributed by atoms with van der Waals surface area (Å²) >= 11 is 8.96. The lowest BCUT2D eigenvalue weighted by molar-refractivity contribution is 0.471. The van der Waals surface area contributed by atoms with Crippen molar-refractivity contribution in [3.05, 3.63) is 57.3 Å². The first-order valence-electron chi connectivity index (χ1n) is 5.21. The summed E-state index contributed by atoms with van der Waals surface area (Å²) in [5, 5.41) is 0.0669. The van der Waals surface area contributed by atoms with Gasteiger partial charge in [0.15, 0.2) is 0 Å². The number of nitrogens with two attached hydrogens (primary N) is 1. The molecule has 0 unspecified atom stereocenters. The van der Waals surface area contributed by atoms with Crippen LogP contribution in [0.3, 0.4) is 0 Å². The fourth-order valence-corrected chi connectivity index (χ4v) is 2.00. The predicted molar refractivity (Wildman–Crippen MR) is 73.5 cm³/mol. The molecule has 94 valence electrons. The minimum Gasteiger partial charge on any atom is -0.457 e. The Morgan fingerprint density at radius 2 is 2.00 bits per heavy atom. The van der Waals surface area contributed by atoms with Crippen molar-refractivity contribution in [3.63, 3.8) is 0 Å². The van der Waals surface area contributed by atoms with Crippen molar-refractivity contribution in [3.8, 4) is 11.5 Å². The molecule has 0 atom stereocenters. The van der Waals surface area contributed by atoms with Crippen molar-refractivity contribution in [2.24, 2.45) is 5.73 Å². The first-order chi connectivity index (χ1) is 8.60. The predicted octanol–water partition coefficient (Wildman–Crippen LogP) is 4.49. The molecule has 0 aromatic heterocycles. The van der Waals surface area contributed by atoms with E-state index in [9.17, 15) is 4.39 Å². The fourth-order valence-electron chi connectivity index (χ4n) is 1.47. The van der Waals surface area contributed by atoms with Crippen molar-refractivity contribution in [2.45, 2.75) is 6.54 Å². The van der Waals surface area contributed by atoms with E-state index in [1.165, 1.54) is 12.1 Å². The van der Waals surface area contributed by atoms with Gasteiger partial charge in [0.2, 0.25) is 0 Å². The molecular formula is C13H10BrClFNO. The van der Waals surface area contributed by atoms with Crippen molar-refractivity contribution in [2.75, 3.05) is 0 Å². The zero-order chi connectivity index (χ0) is 13.1. The van der Waals surface area contributed by atoms with Crippen molar-refractivity contribution in [1.29, 1.82) is 0 Å². The van der Waals surface area contributed by atoms with Gasteiger partial charge in [-0.3, -0.25) is 0 Å². The van der Waals surface area contributed by atoms with Gasteiger partial charge in [0, 0.05) is 22.6 Å². The lowest BCUT2D eigenvalue weighted by atomic mass is 10.2. The van der Waals surface area contributed by atoms with Gasteiger partial charge >= 0.3 is 0 Å². The van der Waals surface area contributed by atoms with Crippen LogP contribution in [0.25, 0.3) is 0 Å². The largest absolute Gasteiger partial charge is 0.457 e. The Hall–Kier alpha value is -1.10. The first-order valence-corrected chi connectivity index (χ1v) is 6.38. The van der Waals surface area contributed by atoms with E-state index in [1.807, 2.05) is 12.1 Å². The third kappa shape index (κ3) is 3.02. The number of hydrogen-bond acceptors (Lipinski definition) is 2. The van der Waals surface area contributed by atoms with Crippen molar-refractivity contribution < 1.29 is 9.13 Å². The Morgan fingerprint density at radius 1 is 1.22 bits per heavy atom. The van der Waals surface area contributed by atoms with E-state index in [-0.39, 0.29) is 5.02 Å². The van der Waals surface area contributed by atoms with Crippen LogP contribution >= 0.6 is 27.5 Å². The van der Waals surface area contributed by atoms with E-state index < -0.39 is 5.82 Å². The molecule has 5 heteroatoms. The fraction of sp³-hybridized carbons (Fsp3) is 0.0769. The number of halogens is 3. The van der Waals surface area contributed by atoms with Crippen LogP contribution in [0.2, 0.25) is 5.02 Å². The maximum Gasteiger partial charge on any atom is 0.145 e.